The van der Waals surface area contributed by atoms with E-state index >= 15 is 0 Å². The van der Waals surface area contributed by atoms with Gasteiger partial charge in [0.1, 0.15) is 6.10 Å². The fourth-order valence-electron chi connectivity index (χ4n) is 4.10. The second kappa shape index (κ2) is 6.89. The summed E-state index contributed by atoms with van der Waals surface area (Å²) in [5.74, 6) is 0.000395. The third kappa shape index (κ3) is 3.55. The number of benzene rings is 1. The van der Waals surface area contributed by atoms with E-state index in [-0.39, 0.29) is 22.4 Å². The van der Waals surface area contributed by atoms with Gasteiger partial charge in [0.05, 0.1) is 11.3 Å². The van der Waals surface area contributed by atoms with Gasteiger partial charge >= 0.3 is 5.97 Å². The van der Waals surface area contributed by atoms with Gasteiger partial charge in [-0.3, -0.25) is 5.21 Å². The Bertz CT molecular complexity index is 746. The lowest BCUT2D eigenvalue weighted by molar-refractivity contribution is -0.00586. The van der Waals surface area contributed by atoms with E-state index in [2.05, 4.69) is 27.4 Å². The van der Waals surface area contributed by atoms with Crippen LogP contribution in [-0.4, -0.2) is 17.3 Å². The molecule has 0 bridgehead atoms. The summed E-state index contributed by atoms with van der Waals surface area (Å²) >= 11 is 0. The van der Waals surface area contributed by atoms with E-state index in [1.807, 2.05) is 0 Å². The zero-order chi connectivity index (χ0) is 19.1. The van der Waals surface area contributed by atoms with Crippen LogP contribution in [0.2, 0.25) is 0 Å². The van der Waals surface area contributed by atoms with Crippen molar-refractivity contribution in [1.82, 2.24) is 0 Å². The Balaban J connectivity index is 1.79. The number of fused-ring (bicyclic) bond motifs is 1. The highest BCUT2D eigenvalue weighted by atomic mass is 16.8. The zero-order valence-electron chi connectivity index (χ0n) is 15.6. The minimum Gasteiger partial charge on any atom is -0.733 e. The minimum absolute atomic E-state index is 0.0694. The first-order valence-corrected chi connectivity index (χ1v) is 9.02. The van der Waals surface area contributed by atoms with Crippen LogP contribution in [0.1, 0.15) is 56.8 Å². The molecule has 0 aromatic heterocycles. The van der Waals surface area contributed by atoms with E-state index in [4.69, 9.17) is 9.94 Å². The molecule has 1 aromatic rings. The molecular weight excluding hydrogens is 330 g/mol. The normalized spacial score (nSPS) is 24.9. The number of anilines is 1. The van der Waals surface area contributed by atoms with Crippen molar-refractivity contribution in [2.45, 2.75) is 52.6 Å². The topological polar surface area (TPSA) is 72.8 Å². The molecule has 5 nitrogen and oxygen atoms in total. The van der Waals surface area contributed by atoms with Gasteiger partial charge in [-0.2, -0.15) is 0 Å². The van der Waals surface area contributed by atoms with Gasteiger partial charge in [-0.25, -0.2) is 4.79 Å². The van der Waals surface area contributed by atoms with Crippen molar-refractivity contribution < 1.29 is 14.7 Å². The van der Waals surface area contributed by atoms with E-state index in [0.29, 0.717) is 17.9 Å². The Morgan fingerprint density at radius 3 is 2.62 bits per heavy atom. The summed E-state index contributed by atoms with van der Waals surface area (Å²) in [6.45, 7) is 10.8. The first-order chi connectivity index (χ1) is 12.2. The van der Waals surface area contributed by atoms with Crippen molar-refractivity contribution in [3.05, 3.63) is 58.3 Å². The first-order valence-electron chi connectivity index (χ1n) is 9.02. The highest BCUT2D eigenvalue weighted by Crippen LogP contribution is 2.49. The van der Waals surface area contributed by atoms with Crippen LogP contribution in [-0.2, 0) is 4.74 Å². The van der Waals surface area contributed by atoms with Crippen LogP contribution in [0.4, 0.5) is 5.69 Å². The molecule has 1 N–H and O–H groups in total. The maximum Gasteiger partial charge on any atom is 0.338 e. The van der Waals surface area contributed by atoms with Crippen LogP contribution < -0.4 is 5.23 Å². The third-order valence-corrected chi connectivity index (χ3v) is 5.81. The van der Waals surface area contributed by atoms with Gasteiger partial charge in [0.15, 0.2) is 0 Å². The molecule has 2 aliphatic carbocycles. The predicted molar refractivity (Wildman–Crippen MR) is 101 cm³/mol. The molecule has 0 amide bonds. The minimum atomic E-state index is -0.421. The number of rotatable bonds is 3. The highest BCUT2D eigenvalue weighted by Gasteiger charge is 2.41. The second-order valence-electron chi connectivity index (χ2n) is 8.14. The molecule has 1 fully saturated rings. The molecule has 140 valence electrons. The van der Waals surface area contributed by atoms with E-state index < -0.39 is 5.97 Å². The van der Waals surface area contributed by atoms with E-state index in [1.54, 1.807) is 0 Å². The molecule has 26 heavy (non-hydrogen) atoms. The maximum absolute atomic E-state index is 12.6. The number of esters is 1. The fraction of sp³-hybridized carbons (Fsp3) is 0.476. The summed E-state index contributed by atoms with van der Waals surface area (Å²) in [5.41, 5.74) is 4.33. The van der Waals surface area contributed by atoms with E-state index in [1.165, 1.54) is 35.4 Å². The average Bonchev–Trinajstić information content (AvgIpc) is 2.90. The van der Waals surface area contributed by atoms with Crippen molar-refractivity contribution in [2.75, 3.05) is 5.23 Å². The van der Waals surface area contributed by atoms with E-state index in [0.717, 1.165) is 24.8 Å². The van der Waals surface area contributed by atoms with Crippen molar-refractivity contribution in [3.8, 4) is 0 Å². The van der Waals surface area contributed by atoms with Crippen LogP contribution in [0.5, 0.6) is 0 Å². The monoisotopic (exact) mass is 356 g/mol. The van der Waals surface area contributed by atoms with Crippen molar-refractivity contribution in [1.29, 1.82) is 0 Å². The molecule has 0 aliphatic heterocycles. The summed E-state index contributed by atoms with van der Waals surface area (Å²) in [4.78, 5) is 12.6. The molecule has 0 heterocycles. The van der Waals surface area contributed by atoms with Crippen molar-refractivity contribution in [3.63, 3.8) is 0 Å². The SMILES string of the molecule is C=C1C[C@H](OC(=O)c2ccc(N([O-])O)cc2)C(C)(C)CC2=C(C)CC[C@H]12. The predicted octanol–water partition coefficient (Wildman–Crippen LogP) is 5.01. The summed E-state index contributed by atoms with van der Waals surface area (Å²) in [6, 6.07) is 5.75. The van der Waals surface area contributed by atoms with Gasteiger partial charge in [0, 0.05) is 17.8 Å². The fourth-order valence-corrected chi connectivity index (χ4v) is 4.10. The standard InChI is InChI=1S/C21H26NO4/c1-13-5-10-17-14(2)11-19(21(3,4)12-18(13)17)26-20(23)15-6-8-16(9-7-15)22(24)25/h6-9,17,19,24H,2,5,10-12H2,1,3-4H3/q-1/t17-,19+/m1/s1. The number of hydrogen-bond donors (Lipinski definition) is 1. The van der Waals surface area contributed by atoms with E-state index in [9.17, 15) is 10.0 Å². The molecule has 0 saturated heterocycles. The molecule has 3 rings (SSSR count). The lowest BCUT2D eigenvalue weighted by Gasteiger charge is -2.32. The number of nitrogens with zero attached hydrogens (tertiary/aromatic N) is 1. The van der Waals surface area contributed by atoms with Crippen LogP contribution >= 0.6 is 0 Å². The Labute approximate surface area is 154 Å². The Morgan fingerprint density at radius 2 is 2.00 bits per heavy atom. The molecule has 0 radical (unpaired) electrons. The molecule has 2 aliphatic rings. The largest absolute Gasteiger partial charge is 0.733 e. The molecule has 0 spiro atoms. The smallest absolute Gasteiger partial charge is 0.338 e. The number of hydrogen-bond acceptors (Lipinski definition) is 5. The van der Waals surface area contributed by atoms with Crippen LogP contribution in [0, 0.1) is 16.5 Å². The van der Waals surface area contributed by atoms with Gasteiger partial charge in [-0.05, 0) is 50.5 Å². The zero-order valence-corrected chi connectivity index (χ0v) is 15.6. The lowest BCUT2D eigenvalue weighted by Crippen LogP contribution is -2.33. The van der Waals surface area contributed by atoms with Crippen LogP contribution in [0.15, 0.2) is 47.6 Å². The van der Waals surface area contributed by atoms with Crippen molar-refractivity contribution >= 4 is 11.7 Å². The summed E-state index contributed by atoms with van der Waals surface area (Å²) < 4.78 is 5.87. The lowest BCUT2D eigenvalue weighted by atomic mass is 9.80. The number of allylic oxidation sites excluding steroid dienone is 2. The number of ether oxygens (including phenoxy) is 1. The molecule has 5 heteroatoms. The second-order valence-corrected chi connectivity index (χ2v) is 8.14. The molecule has 2 atom stereocenters. The molecule has 1 saturated carbocycles. The summed E-state index contributed by atoms with van der Waals surface area (Å²) in [5, 5.41) is 19.5. The maximum atomic E-state index is 12.6. The number of carbonyl (C=O) groups is 1. The van der Waals surface area contributed by atoms with Crippen molar-refractivity contribution in [2.24, 2.45) is 11.3 Å². The van der Waals surface area contributed by atoms with Gasteiger partial charge in [-0.1, -0.05) is 37.1 Å². The van der Waals surface area contributed by atoms with Gasteiger partial charge in [0.25, 0.3) is 0 Å². The quantitative estimate of drug-likeness (QED) is 0.468. The Kier molecular flexibility index (Phi) is 4.95. The Morgan fingerprint density at radius 1 is 1.35 bits per heavy atom. The third-order valence-electron chi connectivity index (χ3n) is 5.81. The van der Waals surface area contributed by atoms with Gasteiger partial charge in [-0.15, -0.1) is 0 Å². The van der Waals surface area contributed by atoms with Gasteiger partial charge < -0.3 is 15.2 Å². The van der Waals surface area contributed by atoms with Crippen LogP contribution in [0.3, 0.4) is 0 Å². The average molecular weight is 356 g/mol. The first kappa shape index (κ1) is 18.7. The Hall–Kier alpha value is -2.11. The highest BCUT2D eigenvalue weighted by molar-refractivity contribution is 5.90. The summed E-state index contributed by atoms with van der Waals surface area (Å²) in [7, 11) is 0. The number of carbonyl (C=O) groups excluding carboxylic acids is 1. The molecule has 0 unspecified atom stereocenters. The molecule has 1 aromatic carbocycles. The molecular formula is C21H26NO4-. The van der Waals surface area contributed by atoms with Crippen LogP contribution in [0.25, 0.3) is 0 Å². The van der Waals surface area contributed by atoms with Gasteiger partial charge in [0.2, 0.25) is 0 Å². The summed E-state index contributed by atoms with van der Waals surface area (Å²) in [6.07, 6.45) is 3.58.